The first-order valence-electron chi connectivity index (χ1n) is 7.00. The van der Waals surface area contributed by atoms with Crippen LogP contribution in [0.1, 0.15) is 0 Å². The maximum atomic E-state index is 12.4. The molecule has 13 heteroatoms. The van der Waals surface area contributed by atoms with Crippen LogP contribution in [0.2, 0.25) is 5.02 Å². The molecular formula is C12H12ClN5O5S2. The van der Waals surface area contributed by atoms with E-state index in [1.807, 2.05) is 4.90 Å². The lowest BCUT2D eigenvalue weighted by molar-refractivity contribution is -0.384. The second kappa shape index (κ2) is 7.07. The molecule has 0 spiro atoms. The van der Waals surface area contributed by atoms with E-state index < -0.39 is 20.6 Å². The fourth-order valence-electron chi connectivity index (χ4n) is 2.12. The van der Waals surface area contributed by atoms with Gasteiger partial charge in [0, 0.05) is 30.7 Å². The maximum absolute atomic E-state index is 12.4. The van der Waals surface area contributed by atoms with Gasteiger partial charge in [-0.25, -0.2) is 8.42 Å². The molecule has 2 aromatic rings. The molecule has 0 atom stereocenters. The lowest BCUT2D eigenvalue weighted by Crippen LogP contribution is -2.36. The van der Waals surface area contributed by atoms with E-state index in [2.05, 4.69) is 14.1 Å². The summed E-state index contributed by atoms with van der Waals surface area (Å²) < 4.78 is 36.4. The minimum absolute atomic E-state index is 0.0686. The van der Waals surface area contributed by atoms with Gasteiger partial charge in [-0.1, -0.05) is 11.6 Å². The molecule has 1 aromatic heterocycles. The van der Waals surface area contributed by atoms with E-state index >= 15 is 0 Å². The van der Waals surface area contributed by atoms with Crippen molar-refractivity contribution in [2.75, 3.05) is 35.9 Å². The molecule has 1 fully saturated rings. The SMILES string of the molecule is O=[N+]([O-])c1cc(S(=O)(=O)Nc2nc(N3CCOCC3)ns2)ccc1Cl. The van der Waals surface area contributed by atoms with E-state index in [0.717, 1.165) is 23.7 Å². The second-order valence-electron chi connectivity index (χ2n) is 4.97. The van der Waals surface area contributed by atoms with Crippen LogP contribution in [0.4, 0.5) is 16.8 Å². The van der Waals surface area contributed by atoms with Crippen LogP contribution in [0.3, 0.4) is 0 Å². The van der Waals surface area contributed by atoms with Gasteiger partial charge in [-0.05, 0) is 12.1 Å². The monoisotopic (exact) mass is 405 g/mol. The van der Waals surface area contributed by atoms with Crippen LogP contribution >= 0.6 is 23.1 Å². The third-order valence-corrected chi connectivity index (χ3v) is 5.76. The summed E-state index contributed by atoms with van der Waals surface area (Å²) in [5, 5.41) is 10.8. The van der Waals surface area contributed by atoms with Crippen molar-refractivity contribution in [2.24, 2.45) is 0 Å². The van der Waals surface area contributed by atoms with Crippen molar-refractivity contribution in [3.05, 3.63) is 33.3 Å². The first kappa shape index (κ1) is 17.8. The largest absolute Gasteiger partial charge is 0.378 e. The molecule has 25 heavy (non-hydrogen) atoms. The van der Waals surface area contributed by atoms with Gasteiger partial charge in [0.1, 0.15) is 5.02 Å². The lowest BCUT2D eigenvalue weighted by Gasteiger charge is -2.25. The Morgan fingerprint density at radius 3 is 2.76 bits per heavy atom. The first-order chi connectivity index (χ1) is 11.9. The van der Waals surface area contributed by atoms with Crippen molar-refractivity contribution in [2.45, 2.75) is 4.90 Å². The highest BCUT2D eigenvalue weighted by atomic mass is 35.5. The average Bonchev–Trinajstić information content (AvgIpc) is 3.03. The Morgan fingerprint density at radius 1 is 1.36 bits per heavy atom. The van der Waals surface area contributed by atoms with E-state index in [9.17, 15) is 18.5 Å². The molecule has 1 N–H and O–H groups in total. The summed E-state index contributed by atoms with van der Waals surface area (Å²) in [5.41, 5.74) is -0.490. The van der Waals surface area contributed by atoms with Crippen LogP contribution in [-0.2, 0) is 14.8 Å². The van der Waals surface area contributed by atoms with Crippen molar-refractivity contribution in [1.29, 1.82) is 0 Å². The molecule has 1 aliphatic rings. The molecule has 0 unspecified atom stereocenters. The first-order valence-corrected chi connectivity index (χ1v) is 9.63. The van der Waals surface area contributed by atoms with Gasteiger partial charge < -0.3 is 9.64 Å². The van der Waals surface area contributed by atoms with Crippen molar-refractivity contribution >= 4 is 49.9 Å². The number of ether oxygens (including phenoxy) is 1. The zero-order chi connectivity index (χ0) is 18.0. The Labute approximate surface area is 151 Å². The molecular weight excluding hydrogens is 394 g/mol. The van der Waals surface area contributed by atoms with Gasteiger partial charge in [-0.15, -0.1) is 0 Å². The smallest absolute Gasteiger partial charge is 0.289 e. The highest BCUT2D eigenvalue weighted by Crippen LogP contribution is 2.28. The summed E-state index contributed by atoms with van der Waals surface area (Å²) >= 11 is 6.58. The van der Waals surface area contributed by atoms with Crippen LogP contribution < -0.4 is 9.62 Å². The number of hydrogen-bond donors (Lipinski definition) is 1. The normalized spacial score (nSPS) is 15.2. The molecule has 2 heterocycles. The van der Waals surface area contributed by atoms with E-state index in [1.165, 1.54) is 6.07 Å². The predicted molar refractivity (Wildman–Crippen MR) is 91.9 cm³/mol. The number of nitrogens with zero attached hydrogens (tertiary/aromatic N) is 4. The van der Waals surface area contributed by atoms with Gasteiger partial charge in [0.25, 0.3) is 15.7 Å². The van der Waals surface area contributed by atoms with Gasteiger partial charge in [0.05, 0.1) is 23.0 Å². The highest BCUT2D eigenvalue weighted by molar-refractivity contribution is 7.93. The van der Waals surface area contributed by atoms with Crippen LogP contribution in [-0.4, -0.2) is 49.0 Å². The van der Waals surface area contributed by atoms with Gasteiger partial charge >= 0.3 is 0 Å². The lowest BCUT2D eigenvalue weighted by atomic mass is 10.3. The van der Waals surface area contributed by atoms with E-state index in [0.29, 0.717) is 32.3 Å². The maximum Gasteiger partial charge on any atom is 0.289 e. The second-order valence-corrected chi connectivity index (χ2v) is 7.82. The van der Waals surface area contributed by atoms with Crippen LogP contribution in [0, 0.1) is 10.1 Å². The van der Waals surface area contributed by atoms with Gasteiger partial charge in [0.2, 0.25) is 11.1 Å². The van der Waals surface area contributed by atoms with Crippen LogP contribution in [0.15, 0.2) is 23.1 Å². The quantitative estimate of drug-likeness (QED) is 0.588. The summed E-state index contributed by atoms with van der Waals surface area (Å²) in [7, 11) is -4.05. The van der Waals surface area contributed by atoms with Crippen molar-refractivity contribution in [3.63, 3.8) is 0 Å². The number of benzene rings is 1. The van der Waals surface area contributed by atoms with Gasteiger partial charge in [-0.2, -0.15) is 9.36 Å². The average molecular weight is 406 g/mol. The molecule has 0 saturated carbocycles. The number of aromatic nitrogens is 2. The van der Waals surface area contributed by atoms with Gasteiger partial charge in [0.15, 0.2) is 0 Å². The fourth-order valence-corrected chi connectivity index (χ4v) is 4.14. The molecule has 1 saturated heterocycles. The third-order valence-electron chi connectivity index (χ3n) is 3.36. The Morgan fingerprint density at radius 2 is 2.08 bits per heavy atom. The van der Waals surface area contributed by atoms with E-state index in [1.54, 1.807) is 0 Å². The Bertz CT molecular complexity index is 897. The van der Waals surface area contributed by atoms with Crippen molar-refractivity contribution < 1.29 is 18.1 Å². The molecule has 0 bridgehead atoms. The molecule has 134 valence electrons. The van der Waals surface area contributed by atoms with Crippen LogP contribution in [0.5, 0.6) is 0 Å². The van der Waals surface area contributed by atoms with Crippen molar-refractivity contribution in [3.8, 4) is 0 Å². The van der Waals surface area contributed by atoms with E-state index in [4.69, 9.17) is 16.3 Å². The molecule has 3 rings (SSSR count). The Hall–Kier alpha value is -2.02. The number of hydrogen-bond acceptors (Lipinski definition) is 9. The molecule has 1 aliphatic heterocycles. The Balaban J connectivity index is 1.81. The zero-order valence-electron chi connectivity index (χ0n) is 12.6. The summed E-state index contributed by atoms with van der Waals surface area (Å²) in [4.78, 5) is 15.9. The molecule has 0 radical (unpaired) electrons. The number of halogens is 1. The molecule has 1 aromatic carbocycles. The standard InChI is InChI=1S/C12H12ClN5O5S2/c13-9-2-1-8(7-10(9)18(19)20)25(21,22)16-12-14-11(15-24-12)17-3-5-23-6-4-17/h1-2,7H,3-6H2,(H,14,15,16). The zero-order valence-corrected chi connectivity index (χ0v) is 15.0. The highest BCUT2D eigenvalue weighted by Gasteiger charge is 2.23. The Kier molecular flexibility index (Phi) is 5.03. The third kappa shape index (κ3) is 3.98. The number of nitro groups is 1. The summed E-state index contributed by atoms with van der Waals surface area (Å²) in [5.74, 6) is 0.410. The summed E-state index contributed by atoms with van der Waals surface area (Å²) in [6.07, 6.45) is 0. The molecule has 10 nitrogen and oxygen atoms in total. The predicted octanol–water partition coefficient (Wildman–Crippen LogP) is 1.74. The minimum atomic E-state index is -4.05. The summed E-state index contributed by atoms with van der Waals surface area (Å²) in [6, 6.07) is 3.24. The molecule has 0 aliphatic carbocycles. The van der Waals surface area contributed by atoms with Crippen molar-refractivity contribution in [1.82, 2.24) is 9.36 Å². The number of rotatable bonds is 5. The number of anilines is 2. The number of sulfonamides is 1. The fraction of sp³-hybridized carbons (Fsp3) is 0.333. The van der Waals surface area contributed by atoms with Crippen LogP contribution in [0.25, 0.3) is 0 Å². The van der Waals surface area contributed by atoms with E-state index in [-0.39, 0.29) is 15.0 Å². The van der Waals surface area contributed by atoms with Gasteiger partial charge in [-0.3, -0.25) is 14.8 Å². The minimum Gasteiger partial charge on any atom is -0.378 e. The number of nitro benzene ring substituents is 1. The summed E-state index contributed by atoms with van der Waals surface area (Å²) in [6.45, 7) is 2.34. The topological polar surface area (TPSA) is 128 Å². The molecule has 0 amide bonds. The number of morpholine rings is 1. The number of nitrogens with one attached hydrogen (secondary N) is 1.